The summed E-state index contributed by atoms with van der Waals surface area (Å²) >= 11 is 0. The second-order valence-corrected chi connectivity index (χ2v) is 8.45. The van der Waals surface area contributed by atoms with Crippen molar-refractivity contribution < 1.29 is 0 Å². The van der Waals surface area contributed by atoms with Crippen molar-refractivity contribution in [3.63, 3.8) is 0 Å². The molecule has 0 amide bonds. The van der Waals surface area contributed by atoms with Gasteiger partial charge in [-0.1, -0.05) is 19.4 Å². The van der Waals surface area contributed by atoms with Crippen LogP contribution in [-0.4, -0.2) is 60.2 Å². The first-order valence-electron chi connectivity index (χ1n) is 10.6. The van der Waals surface area contributed by atoms with Gasteiger partial charge in [0.15, 0.2) is 0 Å². The molecular weight excluding hydrogens is 334 g/mol. The molecule has 0 saturated carbocycles. The maximum Gasteiger partial charge on any atom is 0.112 e. The van der Waals surface area contributed by atoms with Gasteiger partial charge in [-0.25, -0.2) is 0 Å². The van der Waals surface area contributed by atoms with Crippen LogP contribution in [0.2, 0.25) is 0 Å². The van der Waals surface area contributed by atoms with Crippen LogP contribution in [0.1, 0.15) is 38.2 Å². The molecule has 0 aliphatic carbocycles. The number of anilines is 1. The van der Waals surface area contributed by atoms with Crippen molar-refractivity contribution in [1.82, 2.24) is 20.2 Å². The number of aromatic nitrogens is 2. The molecule has 27 heavy (non-hydrogen) atoms. The summed E-state index contributed by atoms with van der Waals surface area (Å²) < 4.78 is 0. The van der Waals surface area contributed by atoms with Gasteiger partial charge in [0.25, 0.3) is 0 Å². The van der Waals surface area contributed by atoms with Crippen LogP contribution in [0.25, 0.3) is 11.0 Å². The molecular formula is C22H33N5. The summed E-state index contributed by atoms with van der Waals surface area (Å²) in [6.07, 6.45) is 9.01. The summed E-state index contributed by atoms with van der Waals surface area (Å²) in [6.45, 7) is 11.5. The van der Waals surface area contributed by atoms with Gasteiger partial charge in [0.1, 0.15) is 5.52 Å². The number of piperidine rings is 2. The van der Waals surface area contributed by atoms with Gasteiger partial charge >= 0.3 is 0 Å². The molecule has 1 N–H and O–H groups in total. The van der Waals surface area contributed by atoms with Crippen molar-refractivity contribution in [2.24, 2.45) is 5.92 Å². The quantitative estimate of drug-likeness (QED) is 0.879. The molecule has 5 heteroatoms. The lowest BCUT2D eigenvalue weighted by atomic mass is 9.95. The van der Waals surface area contributed by atoms with Crippen LogP contribution in [0.3, 0.4) is 0 Å². The van der Waals surface area contributed by atoms with Crippen LogP contribution in [0.5, 0.6) is 0 Å². The van der Waals surface area contributed by atoms with Gasteiger partial charge in [0.2, 0.25) is 0 Å². The first kappa shape index (κ1) is 18.6. The largest absolute Gasteiger partial charge is 0.368 e. The van der Waals surface area contributed by atoms with E-state index in [1.54, 1.807) is 6.20 Å². The molecule has 146 valence electrons. The molecule has 1 aromatic heterocycles. The molecule has 2 aliphatic rings. The summed E-state index contributed by atoms with van der Waals surface area (Å²) in [4.78, 5) is 14.4. The Kier molecular flexibility index (Phi) is 5.89. The Hall–Kier alpha value is -1.72. The molecule has 5 nitrogen and oxygen atoms in total. The lowest BCUT2D eigenvalue weighted by Gasteiger charge is -2.39. The first-order chi connectivity index (χ1) is 13.2. The van der Waals surface area contributed by atoms with Crippen LogP contribution >= 0.6 is 0 Å². The lowest BCUT2D eigenvalue weighted by Crippen LogP contribution is -2.50. The fraction of sp³-hybridized carbons (Fsp3) is 0.636. The molecule has 3 heterocycles. The zero-order chi connectivity index (χ0) is 18.6. The minimum Gasteiger partial charge on any atom is -0.368 e. The SMILES string of the molecule is Cc1ccc(N2C[C@@H](C)C[C@@H](NCCN3CCCCC3)C2)c2nccnc12. The van der Waals surface area contributed by atoms with E-state index in [9.17, 15) is 0 Å². The molecule has 4 rings (SSSR count). The number of likely N-dealkylation sites (tertiary alicyclic amines) is 1. The van der Waals surface area contributed by atoms with E-state index in [0.717, 1.165) is 30.7 Å². The highest BCUT2D eigenvalue weighted by Gasteiger charge is 2.26. The van der Waals surface area contributed by atoms with Gasteiger partial charge in [-0.2, -0.15) is 0 Å². The maximum atomic E-state index is 4.66. The van der Waals surface area contributed by atoms with E-state index in [4.69, 9.17) is 0 Å². The molecule has 2 aliphatic heterocycles. The number of fused-ring (bicyclic) bond motifs is 1. The second-order valence-electron chi connectivity index (χ2n) is 8.45. The third-order valence-electron chi connectivity index (χ3n) is 6.12. The van der Waals surface area contributed by atoms with Crippen molar-refractivity contribution in [1.29, 1.82) is 0 Å². The van der Waals surface area contributed by atoms with E-state index in [2.05, 4.69) is 51.1 Å². The predicted molar refractivity (Wildman–Crippen MR) is 112 cm³/mol. The summed E-state index contributed by atoms with van der Waals surface area (Å²) in [7, 11) is 0. The van der Waals surface area contributed by atoms with Crippen LogP contribution in [0, 0.1) is 12.8 Å². The van der Waals surface area contributed by atoms with Crippen molar-refractivity contribution in [2.75, 3.05) is 44.2 Å². The summed E-state index contributed by atoms with van der Waals surface area (Å²) in [6, 6.07) is 4.96. The zero-order valence-corrected chi connectivity index (χ0v) is 16.8. The monoisotopic (exact) mass is 367 g/mol. The van der Waals surface area contributed by atoms with Crippen LogP contribution in [0.15, 0.2) is 24.5 Å². The van der Waals surface area contributed by atoms with Gasteiger partial charge in [-0.05, 0) is 56.8 Å². The molecule has 2 fully saturated rings. The highest BCUT2D eigenvalue weighted by molar-refractivity contribution is 5.90. The van der Waals surface area contributed by atoms with Gasteiger partial charge in [0, 0.05) is 44.6 Å². The number of nitrogens with one attached hydrogen (secondary N) is 1. The van der Waals surface area contributed by atoms with Gasteiger partial charge in [0.05, 0.1) is 11.2 Å². The fourth-order valence-corrected chi connectivity index (χ4v) is 4.74. The Morgan fingerprint density at radius 3 is 2.63 bits per heavy atom. The average molecular weight is 368 g/mol. The third-order valence-corrected chi connectivity index (χ3v) is 6.12. The third kappa shape index (κ3) is 4.41. The Balaban J connectivity index is 1.42. The predicted octanol–water partition coefficient (Wildman–Crippen LogP) is 3.23. The Labute approximate surface area is 163 Å². The summed E-state index contributed by atoms with van der Waals surface area (Å²) in [5, 5.41) is 3.84. The zero-order valence-electron chi connectivity index (χ0n) is 16.8. The summed E-state index contributed by atoms with van der Waals surface area (Å²) in [5.41, 5.74) is 4.50. The molecule has 0 bridgehead atoms. The van der Waals surface area contributed by atoms with E-state index in [0.29, 0.717) is 12.0 Å². The molecule has 2 atom stereocenters. The number of nitrogens with zero attached hydrogens (tertiary/aromatic N) is 4. The number of rotatable bonds is 5. The van der Waals surface area contributed by atoms with Crippen molar-refractivity contribution in [3.8, 4) is 0 Å². The minimum atomic E-state index is 0.548. The van der Waals surface area contributed by atoms with Gasteiger partial charge in [-0.3, -0.25) is 9.97 Å². The van der Waals surface area contributed by atoms with E-state index >= 15 is 0 Å². The van der Waals surface area contributed by atoms with Gasteiger partial charge < -0.3 is 15.1 Å². The van der Waals surface area contributed by atoms with E-state index < -0.39 is 0 Å². The molecule has 0 unspecified atom stereocenters. The van der Waals surface area contributed by atoms with Crippen LogP contribution in [0.4, 0.5) is 5.69 Å². The van der Waals surface area contributed by atoms with Crippen molar-refractivity contribution in [2.45, 2.75) is 45.6 Å². The first-order valence-corrected chi connectivity index (χ1v) is 10.6. The summed E-state index contributed by atoms with van der Waals surface area (Å²) in [5.74, 6) is 0.680. The number of benzene rings is 1. The van der Waals surface area contributed by atoms with Crippen LogP contribution in [-0.2, 0) is 0 Å². The van der Waals surface area contributed by atoms with Gasteiger partial charge in [-0.15, -0.1) is 0 Å². The molecule has 0 spiro atoms. The Bertz CT molecular complexity index is 755. The number of aryl methyl sites for hydroxylation is 1. The standard InChI is InChI=1S/C22H33N5/c1-17-14-19(23-10-13-26-11-4-3-5-12-26)16-27(15-17)20-7-6-18(2)21-22(20)25-9-8-24-21/h6-9,17,19,23H,3-5,10-16H2,1-2H3/t17-,19+/m0/s1. The maximum absolute atomic E-state index is 4.66. The molecule has 1 aromatic carbocycles. The topological polar surface area (TPSA) is 44.3 Å². The normalized spacial score (nSPS) is 24.4. The number of hydrogen-bond acceptors (Lipinski definition) is 5. The average Bonchev–Trinajstić information content (AvgIpc) is 2.69. The minimum absolute atomic E-state index is 0.548. The Morgan fingerprint density at radius 2 is 1.81 bits per heavy atom. The highest BCUT2D eigenvalue weighted by atomic mass is 15.2. The smallest absolute Gasteiger partial charge is 0.112 e. The van der Waals surface area contributed by atoms with Crippen molar-refractivity contribution >= 4 is 16.7 Å². The second kappa shape index (κ2) is 8.53. The molecule has 0 radical (unpaired) electrons. The van der Waals surface area contributed by atoms with E-state index in [-0.39, 0.29) is 0 Å². The van der Waals surface area contributed by atoms with Crippen LogP contribution < -0.4 is 10.2 Å². The molecule has 2 aromatic rings. The Morgan fingerprint density at radius 1 is 1.04 bits per heavy atom. The molecule has 2 saturated heterocycles. The van der Waals surface area contributed by atoms with E-state index in [1.165, 1.54) is 56.6 Å². The number of hydrogen-bond donors (Lipinski definition) is 1. The van der Waals surface area contributed by atoms with E-state index in [1.807, 2.05) is 6.20 Å². The fourth-order valence-electron chi connectivity index (χ4n) is 4.74. The van der Waals surface area contributed by atoms with Crippen molar-refractivity contribution in [3.05, 3.63) is 30.1 Å². The lowest BCUT2D eigenvalue weighted by molar-refractivity contribution is 0.222. The highest BCUT2D eigenvalue weighted by Crippen LogP contribution is 2.29.